The molecule has 2 aromatic carbocycles. The first-order valence-electron chi connectivity index (χ1n) is 7.68. The van der Waals surface area contributed by atoms with Crippen molar-refractivity contribution >= 4 is 16.8 Å². The maximum atomic E-state index is 12.1. The summed E-state index contributed by atoms with van der Waals surface area (Å²) >= 11 is 0. The fourth-order valence-corrected chi connectivity index (χ4v) is 2.45. The van der Waals surface area contributed by atoms with E-state index in [1.807, 2.05) is 45.0 Å². The van der Waals surface area contributed by atoms with E-state index in [0.717, 1.165) is 16.3 Å². The Balaban J connectivity index is 2.08. The first-order chi connectivity index (χ1) is 10.5. The van der Waals surface area contributed by atoms with Crippen molar-refractivity contribution in [1.29, 1.82) is 0 Å². The van der Waals surface area contributed by atoms with Gasteiger partial charge in [0.25, 0.3) is 0 Å². The molecule has 0 aliphatic rings. The number of amides is 2. The largest absolute Gasteiger partial charge is 0.396 e. The number of carbonyl (C=O) groups excluding carboxylic acids is 1. The normalized spacial score (nSPS) is 15.1. The van der Waals surface area contributed by atoms with Gasteiger partial charge < -0.3 is 15.7 Å². The number of rotatable bonds is 5. The molecular weight excluding hydrogens is 276 g/mol. The summed E-state index contributed by atoms with van der Waals surface area (Å²) in [5.41, 5.74) is 1.09. The second kappa shape index (κ2) is 7.27. The number of fused-ring (bicyclic) bond motifs is 1. The van der Waals surface area contributed by atoms with Gasteiger partial charge in [-0.1, -0.05) is 49.4 Å². The molecule has 2 rings (SSSR count). The van der Waals surface area contributed by atoms with E-state index in [1.165, 1.54) is 0 Å². The van der Waals surface area contributed by atoms with Crippen molar-refractivity contribution in [2.45, 2.75) is 32.9 Å². The van der Waals surface area contributed by atoms with Crippen molar-refractivity contribution in [2.24, 2.45) is 5.92 Å². The number of aliphatic hydroxyl groups excluding tert-OH is 1. The van der Waals surface area contributed by atoms with Crippen molar-refractivity contribution in [3.63, 3.8) is 0 Å². The van der Waals surface area contributed by atoms with Gasteiger partial charge in [-0.05, 0) is 36.1 Å². The summed E-state index contributed by atoms with van der Waals surface area (Å²) in [5, 5.41) is 17.3. The fourth-order valence-electron chi connectivity index (χ4n) is 2.45. The zero-order chi connectivity index (χ0) is 16.1. The quantitative estimate of drug-likeness (QED) is 0.794. The van der Waals surface area contributed by atoms with Gasteiger partial charge in [0.05, 0.1) is 6.04 Å². The molecule has 3 unspecified atom stereocenters. The van der Waals surface area contributed by atoms with Gasteiger partial charge in [-0.3, -0.25) is 0 Å². The molecule has 4 nitrogen and oxygen atoms in total. The topological polar surface area (TPSA) is 61.4 Å². The van der Waals surface area contributed by atoms with Crippen LogP contribution in [0.3, 0.4) is 0 Å². The monoisotopic (exact) mass is 300 g/mol. The van der Waals surface area contributed by atoms with Crippen LogP contribution in [-0.4, -0.2) is 23.8 Å². The zero-order valence-corrected chi connectivity index (χ0v) is 13.3. The van der Waals surface area contributed by atoms with E-state index in [-0.39, 0.29) is 30.6 Å². The predicted octanol–water partition coefficient (Wildman–Crippen LogP) is 3.22. The van der Waals surface area contributed by atoms with Gasteiger partial charge in [0.15, 0.2) is 0 Å². The second-order valence-corrected chi connectivity index (χ2v) is 5.86. The van der Waals surface area contributed by atoms with Crippen LogP contribution in [0, 0.1) is 5.92 Å². The highest BCUT2D eigenvalue weighted by atomic mass is 16.3. The summed E-state index contributed by atoms with van der Waals surface area (Å²) in [4.78, 5) is 12.1. The molecule has 0 aliphatic heterocycles. The van der Waals surface area contributed by atoms with Gasteiger partial charge in [0.2, 0.25) is 0 Å². The van der Waals surface area contributed by atoms with Crippen LogP contribution in [-0.2, 0) is 0 Å². The molecule has 0 spiro atoms. The predicted molar refractivity (Wildman–Crippen MR) is 89.7 cm³/mol. The molecule has 0 radical (unpaired) electrons. The Bertz CT molecular complexity index is 637. The third-order valence-corrected chi connectivity index (χ3v) is 4.14. The van der Waals surface area contributed by atoms with E-state index >= 15 is 0 Å². The molecule has 0 heterocycles. The summed E-state index contributed by atoms with van der Waals surface area (Å²) in [7, 11) is 0. The molecule has 118 valence electrons. The first-order valence-corrected chi connectivity index (χ1v) is 7.68. The van der Waals surface area contributed by atoms with Crippen LogP contribution in [0.4, 0.5) is 4.79 Å². The first kappa shape index (κ1) is 16.3. The Morgan fingerprint density at radius 2 is 1.73 bits per heavy atom. The smallest absolute Gasteiger partial charge is 0.315 e. The maximum absolute atomic E-state index is 12.1. The van der Waals surface area contributed by atoms with Crippen LogP contribution in [0.15, 0.2) is 42.5 Å². The number of hydrogen-bond donors (Lipinski definition) is 3. The van der Waals surface area contributed by atoms with Crippen LogP contribution in [0.1, 0.15) is 32.4 Å². The molecule has 0 saturated heterocycles. The third kappa shape index (κ3) is 3.77. The van der Waals surface area contributed by atoms with Gasteiger partial charge >= 0.3 is 6.03 Å². The molecule has 0 aliphatic carbocycles. The minimum Gasteiger partial charge on any atom is -0.396 e. The Kier molecular flexibility index (Phi) is 5.39. The van der Waals surface area contributed by atoms with E-state index < -0.39 is 0 Å². The fraction of sp³-hybridized carbons (Fsp3) is 0.389. The number of hydrogen-bond acceptors (Lipinski definition) is 2. The molecule has 3 atom stereocenters. The summed E-state index contributed by atoms with van der Waals surface area (Å²) < 4.78 is 0. The lowest BCUT2D eigenvalue weighted by Crippen LogP contribution is -2.44. The molecule has 4 heteroatoms. The molecule has 2 aromatic rings. The average molecular weight is 300 g/mol. The van der Waals surface area contributed by atoms with E-state index in [2.05, 4.69) is 28.8 Å². The van der Waals surface area contributed by atoms with E-state index in [1.54, 1.807) is 0 Å². The van der Waals surface area contributed by atoms with Crippen molar-refractivity contribution in [3.05, 3.63) is 48.0 Å². The van der Waals surface area contributed by atoms with Crippen LogP contribution in [0.5, 0.6) is 0 Å². The summed E-state index contributed by atoms with van der Waals surface area (Å²) in [6, 6.07) is 13.9. The molecule has 2 amide bonds. The standard InChI is InChI=1S/C18H24N2O2/c1-12(11-21)13(2)19-18(22)20-14(3)16-10-6-8-15-7-4-5-9-17(15)16/h4-10,12-14,21H,11H2,1-3H3,(H2,19,20,22). The Morgan fingerprint density at radius 1 is 1.05 bits per heavy atom. The van der Waals surface area contributed by atoms with Crippen LogP contribution < -0.4 is 10.6 Å². The Labute approximate surface area is 131 Å². The number of benzene rings is 2. The van der Waals surface area contributed by atoms with E-state index in [4.69, 9.17) is 5.11 Å². The molecule has 22 heavy (non-hydrogen) atoms. The molecular formula is C18H24N2O2. The number of urea groups is 1. The number of aliphatic hydroxyl groups is 1. The average Bonchev–Trinajstić information content (AvgIpc) is 2.53. The van der Waals surface area contributed by atoms with Gasteiger partial charge in [-0.25, -0.2) is 4.79 Å². The summed E-state index contributed by atoms with van der Waals surface area (Å²) in [6.07, 6.45) is 0. The lowest BCUT2D eigenvalue weighted by atomic mass is 10.00. The highest BCUT2D eigenvalue weighted by molar-refractivity contribution is 5.86. The highest BCUT2D eigenvalue weighted by Crippen LogP contribution is 2.23. The SMILES string of the molecule is CC(NC(=O)NC(C)C(C)CO)c1cccc2ccccc12. The highest BCUT2D eigenvalue weighted by Gasteiger charge is 2.16. The van der Waals surface area contributed by atoms with Crippen LogP contribution in [0.25, 0.3) is 10.8 Å². The van der Waals surface area contributed by atoms with E-state index in [9.17, 15) is 4.79 Å². The van der Waals surface area contributed by atoms with Gasteiger partial charge in [-0.2, -0.15) is 0 Å². The zero-order valence-electron chi connectivity index (χ0n) is 13.3. The second-order valence-electron chi connectivity index (χ2n) is 5.86. The molecule has 0 saturated carbocycles. The molecule has 0 bridgehead atoms. The number of nitrogens with one attached hydrogen (secondary N) is 2. The number of carbonyl (C=O) groups is 1. The van der Waals surface area contributed by atoms with Gasteiger partial charge in [-0.15, -0.1) is 0 Å². The lowest BCUT2D eigenvalue weighted by molar-refractivity contribution is 0.199. The molecule has 0 aromatic heterocycles. The van der Waals surface area contributed by atoms with Crippen molar-refractivity contribution in [2.75, 3.05) is 6.61 Å². The van der Waals surface area contributed by atoms with Crippen LogP contribution in [0.2, 0.25) is 0 Å². The molecule has 0 fully saturated rings. The van der Waals surface area contributed by atoms with Crippen molar-refractivity contribution < 1.29 is 9.90 Å². The Hall–Kier alpha value is -2.07. The third-order valence-electron chi connectivity index (χ3n) is 4.14. The lowest BCUT2D eigenvalue weighted by Gasteiger charge is -2.22. The van der Waals surface area contributed by atoms with E-state index in [0.29, 0.717) is 0 Å². The summed E-state index contributed by atoms with van der Waals surface area (Å²) in [5.74, 6) is 0.0265. The Morgan fingerprint density at radius 3 is 2.45 bits per heavy atom. The van der Waals surface area contributed by atoms with Crippen molar-refractivity contribution in [3.8, 4) is 0 Å². The maximum Gasteiger partial charge on any atom is 0.315 e. The van der Waals surface area contributed by atoms with Crippen molar-refractivity contribution in [1.82, 2.24) is 10.6 Å². The van der Waals surface area contributed by atoms with Gasteiger partial charge in [0.1, 0.15) is 0 Å². The minimum atomic E-state index is -0.215. The minimum absolute atomic E-state index is 0.0265. The summed E-state index contributed by atoms with van der Waals surface area (Å²) in [6.45, 7) is 5.82. The van der Waals surface area contributed by atoms with Gasteiger partial charge in [0, 0.05) is 12.6 Å². The molecule has 3 N–H and O–H groups in total. The van der Waals surface area contributed by atoms with Crippen LogP contribution >= 0.6 is 0 Å².